The number of rotatable bonds is 3. The number of anilines is 1. The van der Waals surface area contributed by atoms with Crippen LogP contribution in [0.1, 0.15) is 0 Å². The van der Waals surface area contributed by atoms with Gasteiger partial charge in [0.05, 0.1) is 24.8 Å². The zero-order valence-electron chi connectivity index (χ0n) is 9.66. The van der Waals surface area contributed by atoms with Crippen LogP contribution < -0.4 is 15.2 Å². The molecule has 0 aliphatic rings. The van der Waals surface area contributed by atoms with Crippen molar-refractivity contribution in [3.05, 3.63) is 23.0 Å². The number of ether oxygens (including phenoxy) is 2. The molecule has 18 heavy (non-hydrogen) atoms. The van der Waals surface area contributed by atoms with Crippen molar-refractivity contribution < 1.29 is 18.4 Å². The molecule has 2 N–H and O–H groups in total. The summed E-state index contributed by atoms with van der Waals surface area (Å²) in [6, 6.07) is 2.91. The summed E-state index contributed by atoms with van der Waals surface area (Å²) < 4.78 is 28.9. The number of nitrogens with two attached hydrogens (primary N) is 1. The van der Waals surface area contributed by atoms with Gasteiger partial charge in [-0.3, -0.25) is 0 Å². The van der Waals surface area contributed by atoms with Crippen molar-refractivity contribution in [3.8, 4) is 22.8 Å². The molecule has 5 nitrogen and oxygen atoms in total. The first-order chi connectivity index (χ1) is 8.58. The molecule has 0 atom stereocenters. The highest BCUT2D eigenvalue weighted by atomic mass is 35.5. The fraction of sp³-hybridized carbons (Fsp3) is 0.182. The molecule has 1 aromatic carbocycles. The molecule has 1 aromatic heterocycles. The van der Waals surface area contributed by atoms with Crippen LogP contribution >= 0.6 is 11.6 Å². The van der Waals surface area contributed by atoms with Gasteiger partial charge in [0.25, 0.3) is 0 Å². The molecule has 0 unspecified atom stereocenters. The van der Waals surface area contributed by atoms with E-state index in [0.717, 1.165) is 0 Å². The molecule has 0 aliphatic carbocycles. The lowest BCUT2D eigenvalue weighted by Crippen LogP contribution is -1.96. The van der Waals surface area contributed by atoms with E-state index in [4.69, 9.17) is 31.3 Å². The summed E-state index contributed by atoms with van der Waals surface area (Å²) in [6.45, 7) is 0. The minimum absolute atomic E-state index is 0.0487. The predicted octanol–water partition coefficient (Wildman–Crippen LogP) is 2.73. The molecule has 0 bridgehead atoms. The molecule has 0 amide bonds. The Labute approximate surface area is 107 Å². The first kappa shape index (κ1) is 12.5. The third-order valence-electron chi connectivity index (χ3n) is 2.33. The number of nitrogen functional groups attached to an aromatic ring is 1. The number of hydrogen-bond donors (Lipinski definition) is 1. The largest absolute Gasteiger partial charge is 0.493 e. The van der Waals surface area contributed by atoms with Gasteiger partial charge in [0.15, 0.2) is 23.1 Å². The predicted molar refractivity (Wildman–Crippen MR) is 64.4 cm³/mol. The number of benzene rings is 1. The Hall–Kier alpha value is -1.95. The van der Waals surface area contributed by atoms with Gasteiger partial charge in [-0.25, -0.2) is 0 Å². The Morgan fingerprint density at radius 3 is 2.44 bits per heavy atom. The molecule has 0 aliphatic heterocycles. The summed E-state index contributed by atoms with van der Waals surface area (Å²) >= 11 is 5.91. The smallest absolute Gasteiger partial charge is 0.209 e. The molecule has 0 fully saturated rings. The van der Waals surface area contributed by atoms with Gasteiger partial charge in [-0.05, 0) is 6.07 Å². The Morgan fingerprint density at radius 1 is 1.28 bits per heavy atom. The number of aromatic nitrogens is 1. The van der Waals surface area contributed by atoms with E-state index < -0.39 is 5.82 Å². The van der Waals surface area contributed by atoms with Gasteiger partial charge in [0.1, 0.15) is 0 Å². The van der Waals surface area contributed by atoms with Crippen molar-refractivity contribution in [2.24, 2.45) is 0 Å². The molecule has 1 heterocycles. The maximum Gasteiger partial charge on any atom is 0.209 e. The van der Waals surface area contributed by atoms with Gasteiger partial charge < -0.3 is 19.7 Å². The third kappa shape index (κ3) is 1.95. The van der Waals surface area contributed by atoms with E-state index in [1.54, 1.807) is 0 Å². The van der Waals surface area contributed by atoms with E-state index in [-0.39, 0.29) is 28.1 Å². The first-order valence-electron chi connectivity index (χ1n) is 4.91. The number of nitrogens with zero attached hydrogens (tertiary/aromatic N) is 1. The lowest BCUT2D eigenvalue weighted by molar-refractivity contribution is 0.350. The maximum atomic E-state index is 14.1. The van der Waals surface area contributed by atoms with Crippen molar-refractivity contribution in [2.45, 2.75) is 0 Å². The molecule has 2 rings (SSSR count). The molecule has 0 saturated heterocycles. The first-order valence-corrected chi connectivity index (χ1v) is 5.28. The Kier molecular flexibility index (Phi) is 3.29. The van der Waals surface area contributed by atoms with E-state index >= 15 is 0 Å². The van der Waals surface area contributed by atoms with E-state index in [0.29, 0.717) is 5.56 Å². The average molecular weight is 273 g/mol. The van der Waals surface area contributed by atoms with E-state index in [1.165, 1.54) is 26.4 Å². The topological polar surface area (TPSA) is 70.5 Å². The normalized spacial score (nSPS) is 10.4. The third-order valence-corrected chi connectivity index (χ3v) is 2.61. The van der Waals surface area contributed by atoms with Crippen molar-refractivity contribution >= 4 is 17.4 Å². The summed E-state index contributed by atoms with van der Waals surface area (Å²) in [6.07, 6.45) is 0. The Bertz CT molecular complexity index is 586. The van der Waals surface area contributed by atoms with E-state index in [2.05, 4.69) is 5.16 Å². The number of halogens is 2. The van der Waals surface area contributed by atoms with Crippen LogP contribution in [0.4, 0.5) is 10.2 Å². The molecule has 0 saturated carbocycles. The van der Waals surface area contributed by atoms with Crippen LogP contribution in [0.15, 0.2) is 16.7 Å². The van der Waals surface area contributed by atoms with Crippen molar-refractivity contribution in [2.75, 3.05) is 20.0 Å². The van der Waals surface area contributed by atoms with E-state index in [9.17, 15) is 4.39 Å². The van der Waals surface area contributed by atoms with Gasteiger partial charge in [0, 0.05) is 6.07 Å². The Balaban J connectivity index is 2.68. The number of methoxy groups -OCH3 is 2. The zero-order chi connectivity index (χ0) is 13.3. The average Bonchev–Trinajstić information content (AvgIpc) is 2.75. The van der Waals surface area contributed by atoms with Crippen molar-refractivity contribution in [3.63, 3.8) is 0 Å². The maximum absolute atomic E-state index is 14.1. The van der Waals surface area contributed by atoms with Gasteiger partial charge in [0.2, 0.25) is 5.82 Å². The fourth-order valence-corrected chi connectivity index (χ4v) is 1.84. The molecule has 2 aromatic rings. The quantitative estimate of drug-likeness (QED) is 0.930. The summed E-state index contributed by atoms with van der Waals surface area (Å²) in [5, 5.41) is 3.62. The zero-order valence-corrected chi connectivity index (χ0v) is 10.4. The summed E-state index contributed by atoms with van der Waals surface area (Å²) in [5.74, 6) is -0.415. The van der Waals surface area contributed by atoms with Crippen LogP contribution in [0.2, 0.25) is 5.02 Å². The minimum Gasteiger partial charge on any atom is -0.493 e. The molecule has 0 radical (unpaired) electrons. The van der Waals surface area contributed by atoms with Crippen molar-refractivity contribution in [1.82, 2.24) is 5.16 Å². The highest BCUT2D eigenvalue weighted by Gasteiger charge is 2.22. The lowest BCUT2D eigenvalue weighted by atomic mass is 10.1. The van der Waals surface area contributed by atoms with Crippen molar-refractivity contribution in [1.29, 1.82) is 0 Å². The SMILES string of the molecule is COc1c(Cl)cc(-c2cc(N)no2)c(OC)c1F. The highest BCUT2D eigenvalue weighted by molar-refractivity contribution is 6.32. The van der Waals surface area contributed by atoms with Gasteiger partial charge >= 0.3 is 0 Å². The number of hydrogen-bond acceptors (Lipinski definition) is 5. The summed E-state index contributed by atoms with van der Waals surface area (Å²) in [4.78, 5) is 0. The highest BCUT2D eigenvalue weighted by Crippen LogP contribution is 2.42. The van der Waals surface area contributed by atoms with Crippen LogP contribution in [-0.4, -0.2) is 19.4 Å². The molecular formula is C11H10ClFN2O3. The van der Waals surface area contributed by atoms with Gasteiger partial charge in [-0.1, -0.05) is 16.8 Å². The summed E-state index contributed by atoms with van der Waals surface area (Å²) in [5.41, 5.74) is 5.75. The van der Waals surface area contributed by atoms with E-state index in [1.807, 2.05) is 0 Å². The molecular weight excluding hydrogens is 263 g/mol. The molecule has 96 valence electrons. The second kappa shape index (κ2) is 4.73. The lowest BCUT2D eigenvalue weighted by Gasteiger charge is -2.11. The van der Waals surface area contributed by atoms with Gasteiger partial charge in [-0.15, -0.1) is 0 Å². The molecule has 0 spiro atoms. The van der Waals surface area contributed by atoms with Crippen LogP contribution in [-0.2, 0) is 0 Å². The monoisotopic (exact) mass is 272 g/mol. The second-order valence-electron chi connectivity index (χ2n) is 3.40. The van der Waals surface area contributed by atoms with Crippen LogP contribution in [0.5, 0.6) is 11.5 Å². The summed E-state index contributed by atoms with van der Waals surface area (Å²) in [7, 11) is 2.64. The van der Waals surface area contributed by atoms with Crippen LogP contribution in [0.25, 0.3) is 11.3 Å². The standard InChI is InChI=1S/C11H10ClFN2O3/c1-16-10-5(7-4-8(14)15-18-7)3-6(12)11(17-2)9(10)13/h3-4H,1-2H3,(H2,14,15). The molecule has 7 heteroatoms. The van der Waals surface area contributed by atoms with Gasteiger partial charge in [-0.2, -0.15) is 4.39 Å². The second-order valence-corrected chi connectivity index (χ2v) is 3.81. The Morgan fingerprint density at radius 2 is 1.94 bits per heavy atom. The minimum atomic E-state index is -0.711. The van der Waals surface area contributed by atoms with Crippen LogP contribution in [0, 0.1) is 5.82 Å². The van der Waals surface area contributed by atoms with Crippen LogP contribution in [0.3, 0.4) is 0 Å². The fourth-order valence-electron chi connectivity index (χ4n) is 1.57.